The summed E-state index contributed by atoms with van der Waals surface area (Å²) >= 11 is 2.02. The van der Waals surface area contributed by atoms with Crippen LogP contribution in [0.25, 0.3) is 6.08 Å². The number of furan rings is 1. The van der Waals surface area contributed by atoms with Gasteiger partial charge in [-0.25, -0.2) is 4.79 Å². The normalized spacial score (nSPS) is 14.5. The van der Waals surface area contributed by atoms with Gasteiger partial charge in [-0.1, -0.05) is 18.2 Å². The molecule has 1 fully saturated rings. The lowest BCUT2D eigenvalue weighted by Crippen LogP contribution is -2.53. The zero-order chi connectivity index (χ0) is 26.4. The third-order valence-electron chi connectivity index (χ3n) is 5.13. The second-order valence-electron chi connectivity index (χ2n) is 7.75. The van der Waals surface area contributed by atoms with E-state index in [4.69, 9.17) is 13.9 Å². The Bertz CT molecular complexity index is 1350. The lowest BCUT2D eigenvalue weighted by molar-refractivity contribution is -0.130. The number of nitrogens with one attached hydrogen (secondary N) is 2. The largest absolute Gasteiger partial charge is 0.490 e. The minimum Gasteiger partial charge on any atom is -0.490 e. The zero-order valence-corrected chi connectivity index (χ0v) is 21.8. The molecule has 11 heteroatoms. The number of hydrogen-bond acceptors (Lipinski definition) is 7. The Kier molecular flexibility index (Phi) is 8.23. The van der Waals surface area contributed by atoms with Crippen LogP contribution in [-0.4, -0.2) is 41.9 Å². The molecule has 190 valence electrons. The highest BCUT2D eigenvalue weighted by atomic mass is 127. The lowest BCUT2D eigenvalue weighted by atomic mass is 10.1. The van der Waals surface area contributed by atoms with Crippen molar-refractivity contribution in [3.63, 3.8) is 0 Å². The van der Waals surface area contributed by atoms with Crippen LogP contribution < -0.4 is 20.1 Å². The minimum atomic E-state index is -0.828. The van der Waals surface area contributed by atoms with E-state index in [1.807, 2.05) is 40.8 Å². The summed E-state index contributed by atoms with van der Waals surface area (Å²) in [4.78, 5) is 51.0. The lowest BCUT2D eigenvalue weighted by Gasteiger charge is -2.25. The average molecular weight is 615 g/mol. The molecule has 0 spiro atoms. The SMILES string of the molecule is CCOc1cc(/C=C2\C(=O)NC(=O)N(Cc3ccco3)C2=O)cc(I)c1OCC(=O)Nc1ccccc1. The fourth-order valence-electron chi connectivity index (χ4n) is 3.49. The van der Waals surface area contributed by atoms with E-state index in [0.717, 1.165) is 4.90 Å². The molecule has 3 aromatic rings. The van der Waals surface area contributed by atoms with E-state index in [1.54, 1.807) is 43.3 Å². The van der Waals surface area contributed by atoms with E-state index >= 15 is 0 Å². The van der Waals surface area contributed by atoms with Gasteiger partial charge in [0, 0.05) is 5.69 Å². The van der Waals surface area contributed by atoms with Crippen molar-refractivity contribution in [1.29, 1.82) is 0 Å². The zero-order valence-electron chi connectivity index (χ0n) is 19.7. The number of urea groups is 1. The van der Waals surface area contributed by atoms with Gasteiger partial charge in [0.05, 0.1) is 23.0 Å². The number of imide groups is 2. The highest BCUT2D eigenvalue weighted by molar-refractivity contribution is 14.1. The van der Waals surface area contributed by atoms with Gasteiger partial charge in [0.25, 0.3) is 17.7 Å². The molecule has 1 aliphatic heterocycles. The molecule has 37 heavy (non-hydrogen) atoms. The van der Waals surface area contributed by atoms with Crippen molar-refractivity contribution in [2.75, 3.05) is 18.5 Å². The third-order valence-corrected chi connectivity index (χ3v) is 5.93. The fourth-order valence-corrected chi connectivity index (χ4v) is 4.27. The predicted octanol–water partition coefficient (Wildman–Crippen LogP) is 3.96. The number of para-hydroxylation sites is 1. The molecule has 0 bridgehead atoms. The molecule has 5 amide bonds. The predicted molar refractivity (Wildman–Crippen MR) is 142 cm³/mol. The van der Waals surface area contributed by atoms with Crippen LogP contribution in [0.15, 0.2) is 70.9 Å². The number of ether oxygens (including phenoxy) is 2. The van der Waals surface area contributed by atoms with Crippen LogP contribution in [0.4, 0.5) is 10.5 Å². The Balaban J connectivity index is 1.55. The molecule has 1 saturated heterocycles. The number of barbiturate groups is 1. The summed E-state index contributed by atoms with van der Waals surface area (Å²) in [6.07, 6.45) is 2.80. The molecular weight excluding hydrogens is 593 g/mol. The molecule has 0 radical (unpaired) electrons. The van der Waals surface area contributed by atoms with Crippen molar-refractivity contribution in [2.45, 2.75) is 13.5 Å². The van der Waals surface area contributed by atoms with E-state index in [1.165, 1.54) is 12.3 Å². The Morgan fingerprint density at radius 2 is 1.89 bits per heavy atom. The fraction of sp³-hybridized carbons (Fsp3) is 0.154. The van der Waals surface area contributed by atoms with Gasteiger partial charge in [-0.2, -0.15) is 0 Å². The maximum atomic E-state index is 13.0. The van der Waals surface area contributed by atoms with Gasteiger partial charge in [0.1, 0.15) is 11.3 Å². The second kappa shape index (κ2) is 11.7. The van der Waals surface area contributed by atoms with Crippen LogP contribution in [0.5, 0.6) is 11.5 Å². The molecule has 2 aromatic carbocycles. The molecule has 4 rings (SSSR count). The molecule has 0 unspecified atom stereocenters. The molecule has 1 aromatic heterocycles. The Labute approximate surface area is 225 Å². The summed E-state index contributed by atoms with van der Waals surface area (Å²) in [5, 5.41) is 4.92. The van der Waals surface area contributed by atoms with E-state index in [-0.39, 0.29) is 24.6 Å². The first-order chi connectivity index (χ1) is 17.9. The molecule has 2 N–H and O–H groups in total. The van der Waals surface area contributed by atoms with Crippen molar-refractivity contribution < 1.29 is 33.1 Å². The maximum absolute atomic E-state index is 13.0. The van der Waals surface area contributed by atoms with Crippen molar-refractivity contribution >= 4 is 58.1 Å². The molecule has 1 aliphatic rings. The molecular formula is C26H22IN3O7. The average Bonchev–Trinajstić information content (AvgIpc) is 3.38. The summed E-state index contributed by atoms with van der Waals surface area (Å²) in [5.41, 5.74) is 0.896. The number of carbonyl (C=O) groups is 4. The van der Waals surface area contributed by atoms with Gasteiger partial charge < -0.3 is 19.2 Å². The Morgan fingerprint density at radius 1 is 1.11 bits per heavy atom. The van der Waals surface area contributed by atoms with Crippen LogP contribution >= 0.6 is 22.6 Å². The van der Waals surface area contributed by atoms with Crippen molar-refractivity contribution in [3.8, 4) is 11.5 Å². The summed E-state index contributed by atoms with van der Waals surface area (Å²) in [6, 6.07) is 14.7. The van der Waals surface area contributed by atoms with Crippen LogP contribution in [-0.2, 0) is 20.9 Å². The van der Waals surface area contributed by atoms with Gasteiger partial charge >= 0.3 is 6.03 Å². The standard InChI is InChI=1S/C26H22IN3O7/c1-2-35-21-13-16(12-20(27)23(21)37-15-22(31)28-17-7-4-3-5-8-17)11-19-24(32)29-26(34)30(25(19)33)14-18-9-6-10-36-18/h3-13H,2,14-15H2,1H3,(H,28,31)(H,29,32,34)/b19-11+. The first-order valence-electron chi connectivity index (χ1n) is 11.2. The van der Waals surface area contributed by atoms with E-state index in [0.29, 0.717) is 38.7 Å². The highest BCUT2D eigenvalue weighted by Gasteiger charge is 2.36. The van der Waals surface area contributed by atoms with Gasteiger partial charge in [-0.15, -0.1) is 0 Å². The summed E-state index contributed by atoms with van der Waals surface area (Å²) in [5.74, 6) is -0.833. The summed E-state index contributed by atoms with van der Waals surface area (Å²) in [7, 11) is 0. The number of hydrogen-bond donors (Lipinski definition) is 2. The molecule has 0 atom stereocenters. The third kappa shape index (κ3) is 6.36. The van der Waals surface area contributed by atoms with Crippen molar-refractivity contribution in [3.05, 3.63) is 81.3 Å². The summed E-state index contributed by atoms with van der Waals surface area (Å²) < 4.78 is 17.3. The van der Waals surface area contributed by atoms with Crippen LogP contribution in [0.2, 0.25) is 0 Å². The number of rotatable bonds is 9. The number of nitrogens with zero attached hydrogens (tertiary/aromatic N) is 1. The van der Waals surface area contributed by atoms with Gasteiger partial charge in [0.2, 0.25) is 0 Å². The van der Waals surface area contributed by atoms with Crippen LogP contribution in [0, 0.1) is 3.57 Å². The van der Waals surface area contributed by atoms with E-state index in [2.05, 4.69) is 10.6 Å². The second-order valence-corrected chi connectivity index (χ2v) is 8.92. The van der Waals surface area contributed by atoms with E-state index in [9.17, 15) is 19.2 Å². The van der Waals surface area contributed by atoms with Gasteiger partial charge in [0.15, 0.2) is 18.1 Å². The summed E-state index contributed by atoms with van der Waals surface area (Å²) in [6.45, 7) is 1.73. The molecule has 0 aliphatic carbocycles. The number of amides is 5. The van der Waals surface area contributed by atoms with Gasteiger partial charge in [-0.05, 0) is 77.6 Å². The molecule has 0 saturated carbocycles. The molecule has 10 nitrogen and oxygen atoms in total. The maximum Gasteiger partial charge on any atom is 0.331 e. The first kappa shape index (κ1) is 25.9. The first-order valence-corrected chi connectivity index (χ1v) is 12.3. The highest BCUT2D eigenvalue weighted by Crippen LogP contribution is 2.35. The quantitative estimate of drug-likeness (QED) is 0.212. The monoisotopic (exact) mass is 615 g/mol. The number of halogens is 1. The van der Waals surface area contributed by atoms with Gasteiger partial charge in [-0.3, -0.25) is 24.6 Å². The topological polar surface area (TPSA) is 127 Å². The van der Waals surface area contributed by atoms with E-state index < -0.39 is 17.8 Å². The van der Waals surface area contributed by atoms with Crippen LogP contribution in [0.3, 0.4) is 0 Å². The number of benzene rings is 2. The van der Waals surface area contributed by atoms with Crippen molar-refractivity contribution in [2.24, 2.45) is 0 Å². The Morgan fingerprint density at radius 3 is 2.59 bits per heavy atom. The minimum absolute atomic E-state index is 0.123. The smallest absolute Gasteiger partial charge is 0.331 e. The van der Waals surface area contributed by atoms with Crippen molar-refractivity contribution in [1.82, 2.24) is 10.2 Å². The Hall–Kier alpha value is -4.13. The van der Waals surface area contributed by atoms with Crippen LogP contribution in [0.1, 0.15) is 18.2 Å². The number of anilines is 1. The molecule has 2 heterocycles. The number of carbonyl (C=O) groups excluding carboxylic acids is 4.